The van der Waals surface area contributed by atoms with E-state index in [1.54, 1.807) is 18.2 Å². The molecule has 28 heavy (non-hydrogen) atoms. The predicted molar refractivity (Wildman–Crippen MR) is 112 cm³/mol. The molecule has 1 heterocycles. The van der Waals surface area contributed by atoms with Crippen LogP contribution in [0.25, 0.3) is 10.2 Å². The van der Waals surface area contributed by atoms with Crippen LogP contribution >= 0.6 is 23.1 Å². The van der Waals surface area contributed by atoms with E-state index in [-0.39, 0.29) is 10.0 Å². The first-order valence-electron chi connectivity index (χ1n) is 8.22. The van der Waals surface area contributed by atoms with Gasteiger partial charge in [0.25, 0.3) is 5.91 Å². The molecule has 0 aliphatic rings. The van der Waals surface area contributed by atoms with Gasteiger partial charge in [0, 0.05) is 11.2 Å². The van der Waals surface area contributed by atoms with Gasteiger partial charge in [-0.1, -0.05) is 30.4 Å². The number of hydrogen-bond donors (Lipinski definition) is 2. The highest BCUT2D eigenvalue weighted by atomic mass is 32.2. The lowest BCUT2D eigenvalue weighted by atomic mass is 10.2. The van der Waals surface area contributed by atoms with Crippen LogP contribution in [0.1, 0.15) is 17.3 Å². The summed E-state index contributed by atoms with van der Waals surface area (Å²) in [6, 6.07) is 10.9. The minimum Gasteiger partial charge on any atom is -0.283 e. The zero-order valence-electron chi connectivity index (χ0n) is 15.1. The molecule has 3 amide bonds. The number of benzene rings is 2. The number of nitrogens with zero attached hydrogens (tertiary/aromatic N) is 1. The van der Waals surface area contributed by atoms with E-state index in [4.69, 9.17) is 0 Å². The summed E-state index contributed by atoms with van der Waals surface area (Å²) in [6.07, 6.45) is 1.13. The number of fused-ring (bicyclic) bond motifs is 1. The molecule has 0 radical (unpaired) electrons. The number of amides is 3. The molecule has 0 unspecified atom stereocenters. The monoisotopic (exact) mass is 435 g/mol. The number of rotatable bonds is 5. The summed E-state index contributed by atoms with van der Waals surface area (Å²) in [6.45, 7) is 1.98. The summed E-state index contributed by atoms with van der Waals surface area (Å²) in [5.41, 5.74) is 0.982. The van der Waals surface area contributed by atoms with Crippen LogP contribution in [0.4, 0.5) is 9.93 Å². The van der Waals surface area contributed by atoms with Crippen molar-refractivity contribution in [3.05, 3.63) is 48.0 Å². The summed E-state index contributed by atoms with van der Waals surface area (Å²) in [5, 5.41) is 5.08. The fourth-order valence-corrected chi connectivity index (χ4v) is 4.85. The van der Waals surface area contributed by atoms with Crippen LogP contribution < -0.4 is 10.6 Å². The largest absolute Gasteiger partial charge is 0.327 e. The molecule has 146 valence electrons. The summed E-state index contributed by atoms with van der Waals surface area (Å²) in [4.78, 5) is 29.8. The Hall–Kier alpha value is -2.43. The van der Waals surface area contributed by atoms with E-state index in [1.165, 1.54) is 23.9 Å². The number of nitrogens with one attached hydrogen (secondary N) is 2. The Morgan fingerprint density at radius 3 is 2.64 bits per heavy atom. The first-order valence-corrected chi connectivity index (χ1v) is 11.9. The molecule has 3 rings (SSSR count). The van der Waals surface area contributed by atoms with Crippen molar-refractivity contribution >= 4 is 60.2 Å². The highest BCUT2D eigenvalue weighted by Gasteiger charge is 2.16. The van der Waals surface area contributed by atoms with Crippen molar-refractivity contribution in [1.29, 1.82) is 0 Å². The average Bonchev–Trinajstić information content (AvgIpc) is 3.02. The van der Waals surface area contributed by atoms with Gasteiger partial charge in [-0.3, -0.25) is 15.4 Å². The number of thioether (sulfide) groups is 1. The second-order valence-corrected chi connectivity index (χ2v) is 10.1. The van der Waals surface area contributed by atoms with Crippen molar-refractivity contribution in [3.8, 4) is 0 Å². The molecule has 0 saturated heterocycles. The van der Waals surface area contributed by atoms with E-state index in [1.807, 2.05) is 19.1 Å². The molecule has 0 bridgehead atoms. The van der Waals surface area contributed by atoms with E-state index in [0.29, 0.717) is 15.8 Å². The Balaban J connectivity index is 1.74. The van der Waals surface area contributed by atoms with Gasteiger partial charge in [-0.25, -0.2) is 18.2 Å². The van der Waals surface area contributed by atoms with Crippen LogP contribution in [0.2, 0.25) is 0 Å². The first kappa shape index (κ1) is 20.3. The highest BCUT2D eigenvalue weighted by Crippen LogP contribution is 2.28. The Labute approximate surface area is 170 Å². The molecule has 0 saturated carbocycles. The maximum absolute atomic E-state index is 12.4. The van der Waals surface area contributed by atoms with Gasteiger partial charge in [-0.15, -0.1) is 11.8 Å². The molecule has 2 aromatic carbocycles. The molecular weight excluding hydrogens is 418 g/mol. The number of carbonyl (C=O) groups excluding carboxylic acids is 2. The van der Waals surface area contributed by atoms with Crippen molar-refractivity contribution in [2.24, 2.45) is 0 Å². The lowest BCUT2D eigenvalue weighted by Gasteiger charge is -2.08. The third kappa shape index (κ3) is 4.70. The molecule has 10 heteroatoms. The number of sulfone groups is 1. The van der Waals surface area contributed by atoms with Crippen molar-refractivity contribution in [3.63, 3.8) is 0 Å². The van der Waals surface area contributed by atoms with Crippen LogP contribution in [0, 0.1) is 0 Å². The molecule has 1 aromatic heterocycles. The van der Waals surface area contributed by atoms with Gasteiger partial charge in [0.1, 0.15) is 0 Å². The Morgan fingerprint density at radius 1 is 1.18 bits per heavy atom. The van der Waals surface area contributed by atoms with Gasteiger partial charge >= 0.3 is 6.03 Å². The van der Waals surface area contributed by atoms with Crippen molar-refractivity contribution in [2.75, 3.05) is 17.3 Å². The Morgan fingerprint density at radius 2 is 1.93 bits per heavy atom. The van der Waals surface area contributed by atoms with Crippen molar-refractivity contribution < 1.29 is 18.0 Å². The maximum atomic E-state index is 12.4. The Bertz CT molecular complexity index is 1160. The van der Waals surface area contributed by atoms with Gasteiger partial charge in [0.2, 0.25) is 0 Å². The van der Waals surface area contributed by atoms with E-state index in [9.17, 15) is 18.0 Å². The lowest BCUT2D eigenvalue weighted by molar-refractivity contribution is 0.0964. The number of aromatic nitrogens is 1. The minimum absolute atomic E-state index is 0.180. The number of anilines is 1. The molecule has 0 aliphatic carbocycles. The topological polar surface area (TPSA) is 105 Å². The van der Waals surface area contributed by atoms with E-state index >= 15 is 0 Å². The minimum atomic E-state index is -3.33. The number of hydrogen-bond acceptors (Lipinski definition) is 7. The molecule has 0 atom stereocenters. The third-order valence-electron chi connectivity index (χ3n) is 3.67. The number of carbonyl (C=O) groups is 2. The van der Waals surface area contributed by atoms with Gasteiger partial charge in [-0.2, -0.15) is 0 Å². The number of thiazole rings is 1. The quantitative estimate of drug-likeness (QED) is 0.591. The zero-order valence-corrected chi connectivity index (χ0v) is 17.5. The van der Waals surface area contributed by atoms with Crippen molar-refractivity contribution in [2.45, 2.75) is 16.7 Å². The first-order chi connectivity index (χ1) is 13.3. The van der Waals surface area contributed by atoms with Crippen LogP contribution in [-0.4, -0.2) is 37.3 Å². The normalized spacial score (nSPS) is 11.4. The Kier molecular flexibility index (Phi) is 6.01. The fraction of sp³-hybridized carbons (Fsp3) is 0.167. The van der Waals surface area contributed by atoms with E-state index in [0.717, 1.165) is 28.2 Å². The highest BCUT2D eigenvalue weighted by molar-refractivity contribution is 7.99. The molecule has 0 aliphatic heterocycles. The SMILES string of the molecule is CCSc1ccccc1C(=O)NC(=O)Nc1nc2ccc(S(C)(=O)=O)cc2s1. The van der Waals surface area contributed by atoms with Crippen LogP contribution in [0.5, 0.6) is 0 Å². The third-order valence-corrected chi connectivity index (χ3v) is 6.67. The van der Waals surface area contributed by atoms with E-state index < -0.39 is 21.8 Å². The summed E-state index contributed by atoms with van der Waals surface area (Å²) < 4.78 is 23.9. The molecule has 0 spiro atoms. The number of urea groups is 1. The van der Waals surface area contributed by atoms with Crippen molar-refractivity contribution in [1.82, 2.24) is 10.3 Å². The standard InChI is InChI=1S/C18H17N3O4S3/c1-3-26-14-7-5-4-6-12(14)16(22)20-17(23)21-18-19-13-9-8-11(28(2,24)25)10-15(13)27-18/h4-10H,3H2,1-2H3,(H2,19,20,21,22,23). The van der Waals surface area contributed by atoms with Crippen LogP contribution in [0.3, 0.4) is 0 Å². The summed E-state index contributed by atoms with van der Waals surface area (Å²) >= 11 is 2.64. The second-order valence-electron chi connectivity index (χ2n) is 5.76. The average molecular weight is 436 g/mol. The van der Waals surface area contributed by atoms with Gasteiger partial charge in [0.15, 0.2) is 15.0 Å². The smallest absolute Gasteiger partial charge is 0.283 e. The fourth-order valence-electron chi connectivity index (χ4n) is 2.42. The second kappa shape index (κ2) is 8.29. The van der Waals surface area contributed by atoms with Crippen LogP contribution in [0.15, 0.2) is 52.3 Å². The zero-order chi connectivity index (χ0) is 20.3. The summed E-state index contributed by atoms with van der Waals surface area (Å²) in [5.74, 6) is 0.298. The molecule has 2 N–H and O–H groups in total. The van der Waals surface area contributed by atoms with Gasteiger partial charge in [-0.05, 0) is 36.1 Å². The van der Waals surface area contributed by atoms with Gasteiger partial charge < -0.3 is 0 Å². The lowest BCUT2D eigenvalue weighted by Crippen LogP contribution is -2.34. The molecular formula is C18H17N3O4S3. The summed E-state index contributed by atoms with van der Waals surface area (Å²) in [7, 11) is -3.33. The molecule has 0 fully saturated rings. The number of imide groups is 1. The maximum Gasteiger partial charge on any atom is 0.327 e. The van der Waals surface area contributed by atoms with Crippen LogP contribution in [-0.2, 0) is 9.84 Å². The molecule has 3 aromatic rings. The molecule has 7 nitrogen and oxygen atoms in total. The van der Waals surface area contributed by atoms with Gasteiger partial charge in [0.05, 0.1) is 20.7 Å². The predicted octanol–water partition coefficient (Wildman–Crippen LogP) is 3.77. The van der Waals surface area contributed by atoms with E-state index in [2.05, 4.69) is 15.6 Å².